The summed E-state index contributed by atoms with van der Waals surface area (Å²) in [7, 11) is 3.66. The highest BCUT2D eigenvalue weighted by Crippen LogP contribution is 2.31. The smallest absolute Gasteiger partial charge is 0.310 e. The molecule has 4 rings (SSSR count). The second kappa shape index (κ2) is 10.4. The predicted octanol–water partition coefficient (Wildman–Crippen LogP) is 4.91. The number of urea groups is 1. The number of para-hydroxylation sites is 1. The third-order valence-electron chi connectivity index (χ3n) is 6.99. The summed E-state index contributed by atoms with van der Waals surface area (Å²) in [6, 6.07) is 14.9. The van der Waals surface area contributed by atoms with E-state index in [4.69, 9.17) is 4.99 Å². The first kappa shape index (κ1) is 24.0. The number of carbonyl (C=O) groups is 2. The van der Waals surface area contributed by atoms with Crippen LogP contribution < -0.4 is 15.5 Å². The molecule has 34 heavy (non-hydrogen) atoms. The van der Waals surface area contributed by atoms with Crippen LogP contribution in [0.15, 0.2) is 53.5 Å². The molecule has 3 amide bonds. The predicted molar refractivity (Wildman–Crippen MR) is 137 cm³/mol. The van der Waals surface area contributed by atoms with Crippen LogP contribution in [-0.2, 0) is 4.79 Å². The first-order chi connectivity index (χ1) is 16.4. The van der Waals surface area contributed by atoms with Gasteiger partial charge in [0.05, 0.1) is 5.69 Å². The molecule has 1 aliphatic heterocycles. The van der Waals surface area contributed by atoms with Crippen molar-refractivity contribution >= 4 is 29.5 Å². The molecule has 1 atom stereocenters. The normalized spacial score (nSPS) is 21.4. The first-order valence-electron chi connectivity index (χ1n) is 12.2. The van der Waals surface area contributed by atoms with Gasteiger partial charge in [-0.25, -0.2) is 9.79 Å². The summed E-state index contributed by atoms with van der Waals surface area (Å²) < 4.78 is 0. The number of nitrogens with one attached hydrogen (secondary N) is 2. The highest BCUT2D eigenvalue weighted by Gasteiger charge is 2.49. The van der Waals surface area contributed by atoms with Crippen LogP contribution in [0, 0.1) is 6.92 Å². The molecule has 1 heterocycles. The van der Waals surface area contributed by atoms with Gasteiger partial charge in [-0.1, -0.05) is 62.4 Å². The van der Waals surface area contributed by atoms with Gasteiger partial charge in [0.1, 0.15) is 0 Å². The summed E-state index contributed by atoms with van der Waals surface area (Å²) >= 11 is 0. The Morgan fingerprint density at radius 1 is 1.06 bits per heavy atom. The van der Waals surface area contributed by atoms with Crippen molar-refractivity contribution in [2.45, 2.75) is 63.7 Å². The van der Waals surface area contributed by atoms with Gasteiger partial charge < -0.3 is 10.2 Å². The number of fused-ring (bicyclic) bond motifs is 1. The van der Waals surface area contributed by atoms with Crippen molar-refractivity contribution in [2.75, 3.05) is 24.3 Å². The summed E-state index contributed by atoms with van der Waals surface area (Å²) in [4.78, 5) is 35.7. The number of aliphatic imine (C=N–C) groups is 1. The maximum atomic E-state index is 14.0. The maximum Gasteiger partial charge on any atom is 0.322 e. The number of hydrogen-bond donors (Lipinski definition) is 2. The molecular weight excluding hydrogens is 426 g/mol. The summed E-state index contributed by atoms with van der Waals surface area (Å²) in [6.45, 7) is 1.97. The van der Waals surface area contributed by atoms with E-state index in [0.717, 1.165) is 42.5 Å². The van der Waals surface area contributed by atoms with Crippen LogP contribution in [0.25, 0.3) is 0 Å². The largest absolute Gasteiger partial charge is 0.322 e. The van der Waals surface area contributed by atoms with Gasteiger partial charge in [0.15, 0.2) is 0 Å². The highest BCUT2D eigenvalue weighted by molar-refractivity contribution is 6.08. The van der Waals surface area contributed by atoms with Crippen LogP contribution in [0.5, 0.6) is 0 Å². The van der Waals surface area contributed by atoms with Crippen LogP contribution in [0.3, 0.4) is 0 Å². The average molecular weight is 462 g/mol. The number of nitrogens with zero attached hydrogens (tertiary/aromatic N) is 3. The van der Waals surface area contributed by atoms with E-state index < -0.39 is 11.8 Å². The zero-order valence-corrected chi connectivity index (χ0v) is 20.4. The standard InChI is InChI=1S/C27H35N5O2/c1-20-12-11-14-22(18-20)29-26(34)30-27(32(3)23-15-7-5-4-6-8-16-23)25(33)31(2)24-17-10-9-13-21(24)19-28-27/h9-14,17-19,23H,4-8,15-16H2,1-3H3,(H2,29,30,34). The molecule has 180 valence electrons. The van der Waals surface area contributed by atoms with Gasteiger partial charge >= 0.3 is 6.03 Å². The summed E-state index contributed by atoms with van der Waals surface area (Å²) in [5.41, 5.74) is 3.32. The second-order valence-corrected chi connectivity index (χ2v) is 9.41. The molecule has 1 unspecified atom stereocenters. The van der Waals surface area contributed by atoms with Crippen molar-refractivity contribution in [2.24, 2.45) is 4.99 Å². The molecule has 0 saturated heterocycles. The monoisotopic (exact) mass is 461 g/mol. The zero-order chi connectivity index (χ0) is 24.1. The van der Waals surface area contributed by atoms with Crippen molar-refractivity contribution in [3.05, 3.63) is 59.7 Å². The fourth-order valence-corrected chi connectivity index (χ4v) is 5.01. The van der Waals surface area contributed by atoms with Crippen LogP contribution in [0.2, 0.25) is 0 Å². The molecule has 0 aromatic heterocycles. The topological polar surface area (TPSA) is 77.0 Å². The number of amides is 3. The van der Waals surface area contributed by atoms with Crippen molar-refractivity contribution in [3.63, 3.8) is 0 Å². The van der Waals surface area contributed by atoms with E-state index in [0.29, 0.717) is 5.69 Å². The Morgan fingerprint density at radius 2 is 1.76 bits per heavy atom. The molecule has 2 aromatic carbocycles. The van der Waals surface area contributed by atoms with Gasteiger partial charge in [0.2, 0.25) is 0 Å². The van der Waals surface area contributed by atoms with E-state index in [1.807, 2.05) is 67.4 Å². The van der Waals surface area contributed by atoms with E-state index in [-0.39, 0.29) is 11.9 Å². The van der Waals surface area contributed by atoms with E-state index in [9.17, 15) is 9.59 Å². The summed E-state index contributed by atoms with van der Waals surface area (Å²) in [6.07, 6.45) is 9.51. The molecule has 0 bridgehead atoms. The van der Waals surface area contributed by atoms with E-state index in [2.05, 4.69) is 10.6 Å². The minimum Gasteiger partial charge on any atom is -0.310 e. The van der Waals surface area contributed by atoms with E-state index in [1.165, 1.54) is 19.3 Å². The molecule has 0 radical (unpaired) electrons. The van der Waals surface area contributed by atoms with Crippen molar-refractivity contribution in [3.8, 4) is 0 Å². The Labute approximate surface area is 202 Å². The Hall–Kier alpha value is -3.19. The summed E-state index contributed by atoms with van der Waals surface area (Å²) in [5, 5.41) is 5.87. The lowest BCUT2D eigenvalue weighted by Crippen LogP contribution is -2.69. The number of aryl methyl sites for hydroxylation is 1. The van der Waals surface area contributed by atoms with Crippen molar-refractivity contribution in [1.82, 2.24) is 10.2 Å². The molecule has 1 fully saturated rings. The minimum absolute atomic E-state index is 0.135. The van der Waals surface area contributed by atoms with Crippen LogP contribution in [0.4, 0.5) is 16.2 Å². The van der Waals surface area contributed by atoms with Crippen molar-refractivity contribution < 1.29 is 9.59 Å². The van der Waals surface area contributed by atoms with Crippen LogP contribution in [0.1, 0.15) is 56.1 Å². The molecule has 0 spiro atoms. The fraction of sp³-hybridized carbons (Fsp3) is 0.444. The number of rotatable bonds is 4. The summed E-state index contributed by atoms with van der Waals surface area (Å²) in [5.74, 6) is -1.83. The van der Waals surface area contributed by atoms with Crippen LogP contribution >= 0.6 is 0 Å². The molecular formula is C27H35N5O2. The maximum absolute atomic E-state index is 14.0. The molecule has 2 N–H and O–H groups in total. The lowest BCUT2D eigenvalue weighted by atomic mass is 9.95. The highest BCUT2D eigenvalue weighted by atomic mass is 16.2. The number of hydrogen-bond acceptors (Lipinski definition) is 4. The van der Waals surface area contributed by atoms with Crippen LogP contribution in [-0.4, -0.2) is 49.0 Å². The number of carbonyl (C=O) groups excluding carboxylic acids is 2. The molecule has 7 nitrogen and oxygen atoms in total. The number of anilines is 2. The van der Waals surface area contributed by atoms with Gasteiger partial charge in [-0.15, -0.1) is 0 Å². The lowest BCUT2D eigenvalue weighted by molar-refractivity contribution is -0.132. The van der Waals surface area contributed by atoms with Gasteiger partial charge in [0, 0.05) is 30.6 Å². The zero-order valence-electron chi connectivity index (χ0n) is 20.4. The van der Waals surface area contributed by atoms with E-state index in [1.54, 1.807) is 18.2 Å². The van der Waals surface area contributed by atoms with Gasteiger partial charge in [-0.05, 0) is 50.6 Å². The van der Waals surface area contributed by atoms with E-state index >= 15 is 0 Å². The first-order valence-corrected chi connectivity index (χ1v) is 12.2. The molecule has 7 heteroatoms. The SMILES string of the molecule is Cc1cccc(NC(=O)NC2(N(C)C3CCCCCCC3)N=Cc3ccccc3N(C)C2=O)c1. The Morgan fingerprint density at radius 3 is 2.50 bits per heavy atom. The Balaban J connectivity index is 1.70. The molecule has 1 saturated carbocycles. The molecule has 2 aliphatic rings. The third kappa shape index (κ3) is 4.99. The minimum atomic E-state index is -1.55. The number of benzodiazepines with no additional fused rings is 1. The van der Waals surface area contributed by atoms with Gasteiger partial charge in [0.25, 0.3) is 11.7 Å². The fourth-order valence-electron chi connectivity index (χ4n) is 5.01. The Kier molecular flexibility index (Phi) is 7.32. The van der Waals surface area contributed by atoms with Gasteiger partial charge in [-0.3, -0.25) is 15.0 Å². The average Bonchev–Trinajstić information content (AvgIpc) is 2.90. The molecule has 1 aliphatic carbocycles. The lowest BCUT2D eigenvalue weighted by Gasteiger charge is -2.43. The number of likely N-dealkylation sites (N-methyl/N-ethyl adjacent to an activating group) is 2. The Bertz CT molecular complexity index is 1060. The second-order valence-electron chi connectivity index (χ2n) is 9.41. The quantitative estimate of drug-likeness (QED) is 0.635. The van der Waals surface area contributed by atoms with Gasteiger partial charge in [-0.2, -0.15) is 0 Å². The van der Waals surface area contributed by atoms with Crippen molar-refractivity contribution in [1.29, 1.82) is 0 Å². The molecule has 2 aromatic rings. The number of benzene rings is 2. The third-order valence-corrected chi connectivity index (χ3v) is 6.99.